The van der Waals surface area contributed by atoms with Gasteiger partial charge in [-0.2, -0.15) is 0 Å². The van der Waals surface area contributed by atoms with E-state index in [0.717, 1.165) is 5.56 Å². The van der Waals surface area contributed by atoms with E-state index >= 15 is 0 Å². The molecular weight excluding hydrogens is 264 g/mol. The first-order valence-electron chi connectivity index (χ1n) is 5.83. The zero-order valence-electron chi connectivity index (χ0n) is 10.4. The molecule has 1 aromatic carbocycles. The van der Waals surface area contributed by atoms with Crippen molar-refractivity contribution in [3.05, 3.63) is 54.0 Å². The van der Waals surface area contributed by atoms with Gasteiger partial charge >= 0.3 is 0 Å². The van der Waals surface area contributed by atoms with Crippen LogP contribution in [0.2, 0.25) is 0 Å². The summed E-state index contributed by atoms with van der Waals surface area (Å²) in [6.45, 7) is 1.88. The summed E-state index contributed by atoms with van der Waals surface area (Å²) in [6.07, 6.45) is 1.88. The van der Waals surface area contributed by atoms with Gasteiger partial charge in [-0.15, -0.1) is 0 Å². The van der Waals surface area contributed by atoms with E-state index in [4.69, 9.17) is 4.42 Å². The van der Waals surface area contributed by atoms with Crippen LogP contribution < -0.4 is 0 Å². The van der Waals surface area contributed by atoms with Crippen molar-refractivity contribution in [2.75, 3.05) is 0 Å². The summed E-state index contributed by atoms with van der Waals surface area (Å²) in [7, 11) is -3.63. The molecule has 2 aromatic rings. The lowest BCUT2D eigenvalue weighted by Crippen LogP contribution is -2.14. The van der Waals surface area contributed by atoms with Gasteiger partial charge in [-0.1, -0.05) is 17.7 Å². The lowest BCUT2D eigenvalue weighted by atomic mass is 10.2. The molecule has 19 heavy (non-hydrogen) atoms. The number of carbonyl (C=O) groups excluding carboxylic acids is 1. The minimum atomic E-state index is -3.63. The highest BCUT2D eigenvalue weighted by molar-refractivity contribution is 7.91. The third-order valence-electron chi connectivity index (χ3n) is 2.89. The molecule has 0 aliphatic carbocycles. The quantitative estimate of drug-likeness (QED) is 0.789. The summed E-state index contributed by atoms with van der Waals surface area (Å²) in [4.78, 5) is 10.9. The second-order valence-electron chi connectivity index (χ2n) is 4.26. The molecule has 0 N–H and O–H groups in total. The molecule has 1 heterocycles. The maximum atomic E-state index is 12.5. The molecule has 1 aromatic heterocycles. The fourth-order valence-electron chi connectivity index (χ4n) is 1.85. The Morgan fingerprint density at radius 3 is 2.42 bits per heavy atom. The van der Waals surface area contributed by atoms with Crippen molar-refractivity contribution in [2.24, 2.45) is 0 Å². The highest BCUT2D eigenvalue weighted by Gasteiger charge is 2.30. The van der Waals surface area contributed by atoms with E-state index in [0.29, 0.717) is 6.29 Å². The molecule has 0 radical (unpaired) electrons. The van der Waals surface area contributed by atoms with Gasteiger partial charge in [0, 0.05) is 6.42 Å². The number of furan rings is 1. The molecule has 0 saturated carbocycles. The summed E-state index contributed by atoms with van der Waals surface area (Å²) in [5.41, 5.74) is 0.976. The summed E-state index contributed by atoms with van der Waals surface area (Å²) in [6, 6.07) is 9.73. The molecule has 4 nitrogen and oxygen atoms in total. The lowest BCUT2D eigenvalue weighted by molar-refractivity contribution is -0.107. The van der Waals surface area contributed by atoms with Crippen LogP contribution in [0.4, 0.5) is 0 Å². The first-order chi connectivity index (χ1) is 9.05. The monoisotopic (exact) mass is 278 g/mol. The Morgan fingerprint density at radius 2 is 1.89 bits per heavy atom. The number of hydrogen-bond acceptors (Lipinski definition) is 4. The molecule has 0 aliphatic rings. The van der Waals surface area contributed by atoms with E-state index in [1.807, 2.05) is 6.92 Å². The Labute approximate surface area is 112 Å². The van der Waals surface area contributed by atoms with Crippen LogP contribution in [-0.2, 0) is 14.6 Å². The van der Waals surface area contributed by atoms with Gasteiger partial charge in [0.05, 0.1) is 11.2 Å². The van der Waals surface area contributed by atoms with Crippen molar-refractivity contribution in [1.29, 1.82) is 0 Å². The van der Waals surface area contributed by atoms with Crippen LogP contribution in [0.3, 0.4) is 0 Å². The van der Waals surface area contributed by atoms with Crippen molar-refractivity contribution < 1.29 is 17.6 Å². The summed E-state index contributed by atoms with van der Waals surface area (Å²) < 4.78 is 30.2. The van der Waals surface area contributed by atoms with Crippen LogP contribution in [0.25, 0.3) is 0 Å². The van der Waals surface area contributed by atoms with Crippen molar-refractivity contribution in [1.82, 2.24) is 0 Å². The number of aryl methyl sites for hydroxylation is 1. The predicted octanol–water partition coefficient (Wildman–Crippen LogP) is 2.69. The minimum absolute atomic E-state index is 0.121. The summed E-state index contributed by atoms with van der Waals surface area (Å²) >= 11 is 0. The molecule has 0 amide bonds. The SMILES string of the molecule is Cc1ccc(S(=O)(=O)C(CC=O)c2ccco2)cc1. The average molecular weight is 278 g/mol. The van der Waals surface area contributed by atoms with Crippen LogP contribution in [0.5, 0.6) is 0 Å². The van der Waals surface area contributed by atoms with Crippen LogP contribution >= 0.6 is 0 Å². The molecule has 5 heteroatoms. The van der Waals surface area contributed by atoms with Gasteiger partial charge in [0.2, 0.25) is 0 Å². The summed E-state index contributed by atoms with van der Waals surface area (Å²) in [5, 5.41) is -0.970. The molecule has 100 valence electrons. The molecule has 2 rings (SSSR count). The summed E-state index contributed by atoms with van der Waals surface area (Å²) in [5.74, 6) is 0.285. The first kappa shape index (κ1) is 13.5. The zero-order chi connectivity index (χ0) is 13.9. The topological polar surface area (TPSA) is 64.3 Å². The van der Waals surface area contributed by atoms with E-state index in [1.54, 1.807) is 36.4 Å². The highest BCUT2D eigenvalue weighted by Crippen LogP contribution is 2.31. The second-order valence-corrected chi connectivity index (χ2v) is 6.39. The van der Waals surface area contributed by atoms with Gasteiger partial charge in [0.25, 0.3) is 0 Å². The molecule has 0 saturated heterocycles. The lowest BCUT2D eigenvalue weighted by Gasteiger charge is -2.13. The number of hydrogen-bond donors (Lipinski definition) is 0. The third-order valence-corrected chi connectivity index (χ3v) is 5.00. The average Bonchev–Trinajstić information content (AvgIpc) is 2.89. The number of rotatable bonds is 5. The Bertz CT molecular complexity index is 639. The van der Waals surface area contributed by atoms with Gasteiger partial charge in [0.1, 0.15) is 17.3 Å². The van der Waals surface area contributed by atoms with E-state index in [1.165, 1.54) is 6.26 Å². The van der Waals surface area contributed by atoms with Crippen molar-refractivity contribution in [3.63, 3.8) is 0 Å². The maximum absolute atomic E-state index is 12.5. The fraction of sp³-hybridized carbons (Fsp3) is 0.214. The van der Waals surface area contributed by atoms with Gasteiger partial charge < -0.3 is 9.21 Å². The van der Waals surface area contributed by atoms with Crippen molar-refractivity contribution in [3.8, 4) is 0 Å². The van der Waals surface area contributed by atoms with Gasteiger partial charge in [-0.25, -0.2) is 8.42 Å². The third kappa shape index (κ3) is 2.76. The van der Waals surface area contributed by atoms with E-state index < -0.39 is 15.1 Å². The highest BCUT2D eigenvalue weighted by atomic mass is 32.2. The Balaban J connectivity index is 2.45. The van der Waals surface area contributed by atoms with Crippen LogP contribution in [0.15, 0.2) is 52.0 Å². The number of aldehydes is 1. The second kappa shape index (κ2) is 5.40. The van der Waals surface area contributed by atoms with Crippen molar-refractivity contribution >= 4 is 16.1 Å². The molecule has 1 unspecified atom stereocenters. The smallest absolute Gasteiger partial charge is 0.188 e. The number of carbonyl (C=O) groups is 1. The number of benzene rings is 1. The fourth-order valence-corrected chi connectivity index (χ4v) is 3.47. The van der Waals surface area contributed by atoms with Gasteiger partial charge in [-0.3, -0.25) is 0 Å². The van der Waals surface area contributed by atoms with Gasteiger partial charge in [0.15, 0.2) is 9.84 Å². The molecule has 1 atom stereocenters. The maximum Gasteiger partial charge on any atom is 0.188 e. The Morgan fingerprint density at radius 1 is 1.21 bits per heavy atom. The van der Waals surface area contributed by atoms with Crippen molar-refractivity contribution in [2.45, 2.75) is 23.5 Å². The molecule has 0 bridgehead atoms. The largest absolute Gasteiger partial charge is 0.468 e. The van der Waals surface area contributed by atoms with Crippen LogP contribution in [0.1, 0.15) is 23.0 Å². The normalized spacial score (nSPS) is 13.1. The first-order valence-corrected chi connectivity index (χ1v) is 7.38. The standard InChI is InChI=1S/C14H14O4S/c1-11-4-6-12(7-5-11)19(16,17)14(8-9-15)13-3-2-10-18-13/h2-7,9-10,14H,8H2,1H3. The zero-order valence-corrected chi connectivity index (χ0v) is 11.3. The molecule has 0 fully saturated rings. The predicted molar refractivity (Wildman–Crippen MR) is 70.5 cm³/mol. The molecule has 0 spiro atoms. The van der Waals surface area contributed by atoms with E-state index in [-0.39, 0.29) is 17.1 Å². The Kier molecular flexibility index (Phi) is 3.85. The molecular formula is C14H14O4S. The van der Waals surface area contributed by atoms with Crippen LogP contribution in [-0.4, -0.2) is 14.7 Å². The molecule has 0 aliphatic heterocycles. The number of sulfone groups is 1. The van der Waals surface area contributed by atoms with E-state index in [9.17, 15) is 13.2 Å². The minimum Gasteiger partial charge on any atom is -0.468 e. The Hall–Kier alpha value is -1.88. The van der Waals surface area contributed by atoms with Gasteiger partial charge in [-0.05, 0) is 31.2 Å². The van der Waals surface area contributed by atoms with E-state index in [2.05, 4.69) is 0 Å². The van der Waals surface area contributed by atoms with Crippen LogP contribution in [0, 0.1) is 6.92 Å².